The third-order valence-corrected chi connectivity index (χ3v) is 5.96. The average molecular weight is 485 g/mol. The van der Waals surface area contributed by atoms with Gasteiger partial charge in [0.05, 0.1) is 11.3 Å². The molecule has 0 radical (unpaired) electrons. The highest BCUT2D eigenvalue weighted by atomic mass is 79.9. The van der Waals surface area contributed by atoms with Gasteiger partial charge >= 0.3 is 6.03 Å². The molecule has 0 aromatic heterocycles. The van der Waals surface area contributed by atoms with Crippen LogP contribution in [0.4, 0.5) is 16.2 Å². The maximum atomic E-state index is 13.1. The number of anilines is 2. The molecule has 3 rings (SSSR count). The largest absolute Gasteiger partial charge is 0.511 e. The zero-order valence-electron chi connectivity index (χ0n) is 17.9. The van der Waals surface area contributed by atoms with Crippen LogP contribution in [0.2, 0.25) is 0 Å². The fraction of sp³-hybridized carbons (Fsp3) is 0.360. The van der Waals surface area contributed by atoms with Crippen LogP contribution in [0, 0.1) is 0 Å². The summed E-state index contributed by atoms with van der Waals surface area (Å²) in [4.78, 5) is 27.1. The summed E-state index contributed by atoms with van der Waals surface area (Å²) in [6.45, 7) is 2.20. The van der Waals surface area contributed by atoms with E-state index < -0.39 is 11.9 Å². The molecule has 1 aliphatic heterocycles. The smallest absolute Gasteiger partial charge is 0.333 e. The lowest BCUT2D eigenvalue weighted by Crippen LogP contribution is -2.37. The summed E-state index contributed by atoms with van der Waals surface area (Å²) in [5.41, 5.74) is 1.90. The lowest BCUT2D eigenvalue weighted by Gasteiger charge is -2.16. The molecule has 0 atom stereocenters. The fourth-order valence-corrected chi connectivity index (χ4v) is 4.05. The van der Waals surface area contributed by atoms with E-state index in [0.717, 1.165) is 28.6 Å². The number of hydrogen-bond donors (Lipinski definition) is 2. The third-order valence-electron chi connectivity index (χ3n) is 5.44. The number of amides is 3. The number of benzene rings is 2. The molecule has 0 bridgehead atoms. The van der Waals surface area contributed by atoms with Crippen molar-refractivity contribution in [3.63, 3.8) is 0 Å². The number of aliphatic hydroxyl groups excluding tert-OH is 1. The van der Waals surface area contributed by atoms with Crippen LogP contribution in [0.15, 0.2) is 58.8 Å². The summed E-state index contributed by atoms with van der Waals surface area (Å²) >= 11 is 3.36. The Morgan fingerprint density at radius 2 is 1.61 bits per heavy atom. The van der Waals surface area contributed by atoms with E-state index in [1.807, 2.05) is 18.2 Å². The highest BCUT2D eigenvalue weighted by Crippen LogP contribution is 2.39. The molecule has 0 saturated heterocycles. The average Bonchev–Trinajstić information content (AvgIpc) is 3.06. The first kappa shape index (κ1) is 23.1. The number of imide groups is 1. The van der Waals surface area contributed by atoms with Gasteiger partial charge in [0.1, 0.15) is 5.76 Å². The van der Waals surface area contributed by atoms with Crippen LogP contribution >= 0.6 is 15.9 Å². The molecule has 0 fully saturated rings. The van der Waals surface area contributed by atoms with Crippen molar-refractivity contribution in [3.8, 4) is 0 Å². The van der Waals surface area contributed by atoms with Crippen LogP contribution < -0.4 is 10.2 Å². The minimum Gasteiger partial charge on any atom is -0.511 e. The molecule has 2 aromatic carbocycles. The molecule has 164 valence electrons. The van der Waals surface area contributed by atoms with Gasteiger partial charge in [0.2, 0.25) is 0 Å². The van der Waals surface area contributed by atoms with Gasteiger partial charge in [-0.2, -0.15) is 0 Å². The quantitative estimate of drug-likeness (QED) is 0.220. The lowest BCUT2D eigenvalue weighted by atomic mass is 10.0. The number of carbonyl (C=O) groups excluding carboxylic acids is 2. The van der Waals surface area contributed by atoms with E-state index in [-0.39, 0.29) is 11.3 Å². The van der Waals surface area contributed by atoms with E-state index in [1.165, 1.54) is 25.7 Å². The number of halogens is 1. The molecule has 2 N–H and O–H groups in total. The number of allylic oxidation sites excluding steroid dienone is 1. The van der Waals surface area contributed by atoms with E-state index in [1.54, 1.807) is 30.3 Å². The second kappa shape index (κ2) is 11.1. The number of fused-ring (bicyclic) bond motifs is 1. The first-order valence-electron chi connectivity index (χ1n) is 11.0. The molecule has 31 heavy (non-hydrogen) atoms. The monoisotopic (exact) mass is 484 g/mol. The van der Waals surface area contributed by atoms with Crippen molar-refractivity contribution >= 4 is 44.8 Å². The van der Waals surface area contributed by atoms with Gasteiger partial charge in [0.25, 0.3) is 5.91 Å². The Morgan fingerprint density at radius 1 is 0.968 bits per heavy atom. The zero-order valence-corrected chi connectivity index (χ0v) is 19.5. The van der Waals surface area contributed by atoms with Crippen molar-refractivity contribution in [1.82, 2.24) is 0 Å². The zero-order chi connectivity index (χ0) is 22.2. The normalized spacial score (nSPS) is 14.5. The van der Waals surface area contributed by atoms with Crippen LogP contribution in [-0.2, 0) is 4.79 Å². The van der Waals surface area contributed by atoms with Crippen LogP contribution in [0.3, 0.4) is 0 Å². The molecule has 2 aromatic rings. The predicted octanol–water partition coefficient (Wildman–Crippen LogP) is 7.44. The molecule has 1 heterocycles. The summed E-state index contributed by atoms with van der Waals surface area (Å²) in [6.07, 6.45) is 8.35. The standard InChI is InChI=1S/C25H29BrN2O3/c1-2-3-4-5-6-7-8-13-22(29)23-20-11-9-10-12-21(20)28(24(23)30)25(31)27-19-16-14-18(26)15-17-19/h9-12,14-17,29H,2-8,13H2,1H3,(H,27,31). The molecule has 1 aliphatic rings. The first-order valence-corrected chi connectivity index (χ1v) is 11.7. The highest BCUT2D eigenvalue weighted by molar-refractivity contribution is 9.10. The van der Waals surface area contributed by atoms with Crippen LogP contribution in [-0.4, -0.2) is 17.0 Å². The molecule has 6 heteroatoms. The van der Waals surface area contributed by atoms with Crippen molar-refractivity contribution in [3.05, 3.63) is 64.3 Å². The van der Waals surface area contributed by atoms with Crippen molar-refractivity contribution in [2.45, 2.75) is 58.3 Å². The van der Waals surface area contributed by atoms with Gasteiger partial charge in [-0.05, 0) is 36.8 Å². The summed E-state index contributed by atoms with van der Waals surface area (Å²) < 4.78 is 0.897. The van der Waals surface area contributed by atoms with Crippen molar-refractivity contribution in [1.29, 1.82) is 0 Å². The number of nitrogens with one attached hydrogen (secondary N) is 1. The summed E-state index contributed by atoms with van der Waals surface area (Å²) in [5.74, 6) is -0.429. The van der Waals surface area contributed by atoms with Gasteiger partial charge in [-0.15, -0.1) is 0 Å². The van der Waals surface area contributed by atoms with Crippen LogP contribution in [0.1, 0.15) is 63.9 Å². The van der Waals surface area contributed by atoms with Gasteiger partial charge in [-0.1, -0.05) is 79.6 Å². The van der Waals surface area contributed by atoms with Gasteiger partial charge in [-0.3, -0.25) is 4.79 Å². The van der Waals surface area contributed by atoms with E-state index in [0.29, 0.717) is 23.4 Å². The second-order valence-electron chi connectivity index (χ2n) is 7.79. The fourth-order valence-electron chi connectivity index (χ4n) is 3.78. The van der Waals surface area contributed by atoms with Gasteiger partial charge in [0, 0.05) is 22.1 Å². The van der Waals surface area contributed by atoms with Gasteiger partial charge < -0.3 is 10.4 Å². The molecular formula is C25H29BrN2O3. The Kier molecular flexibility index (Phi) is 8.29. The molecular weight excluding hydrogens is 456 g/mol. The predicted molar refractivity (Wildman–Crippen MR) is 129 cm³/mol. The Morgan fingerprint density at radius 3 is 2.32 bits per heavy atom. The Balaban J connectivity index is 1.71. The summed E-state index contributed by atoms with van der Waals surface area (Å²) in [6, 6.07) is 13.7. The molecule has 0 spiro atoms. The number of nitrogens with zero attached hydrogens (tertiary/aromatic N) is 1. The number of hydrogen-bond acceptors (Lipinski definition) is 3. The van der Waals surface area contributed by atoms with E-state index >= 15 is 0 Å². The Hall–Kier alpha value is -2.60. The first-order chi connectivity index (χ1) is 15.0. The molecule has 0 saturated carbocycles. The molecule has 0 unspecified atom stereocenters. The minimum atomic E-state index is -0.543. The maximum absolute atomic E-state index is 13.1. The summed E-state index contributed by atoms with van der Waals surface area (Å²) in [5, 5.41) is 13.5. The lowest BCUT2D eigenvalue weighted by molar-refractivity contribution is -0.112. The van der Waals surface area contributed by atoms with E-state index in [4.69, 9.17) is 0 Å². The SMILES string of the molecule is CCCCCCCCCC(O)=C1C(=O)N(C(=O)Nc2ccc(Br)cc2)c2ccccc21. The van der Waals surface area contributed by atoms with Gasteiger partial charge in [-0.25, -0.2) is 9.69 Å². The number of rotatable bonds is 9. The topological polar surface area (TPSA) is 69.6 Å². The molecule has 0 aliphatic carbocycles. The van der Waals surface area contributed by atoms with Crippen molar-refractivity contribution in [2.24, 2.45) is 0 Å². The number of carbonyl (C=O) groups is 2. The minimum absolute atomic E-state index is 0.0601. The molecule has 3 amide bonds. The number of urea groups is 1. The second-order valence-corrected chi connectivity index (χ2v) is 8.70. The third kappa shape index (κ3) is 5.76. The number of unbranched alkanes of at least 4 members (excludes halogenated alkanes) is 6. The maximum Gasteiger partial charge on any atom is 0.333 e. The summed E-state index contributed by atoms with van der Waals surface area (Å²) in [7, 11) is 0. The van der Waals surface area contributed by atoms with Gasteiger partial charge in [0.15, 0.2) is 0 Å². The van der Waals surface area contributed by atoms with Crippen LogP contribution in [0.25, 0.3) is 5.57 Å². The van der Waals surface area contributed by atoms with Crippen molar-refractivity contribution < 1.29 is 14.7 Å². The van der Waals surface area contributed by atoms with Crippen molar-refractivity contribution in [2.75, 3.05) is 10.2 Å². The molecule has 5 nitrogen and oxygen atoms in total. The number of aliphatic hydroxyl groups is 1. The number of para-hydroxylation sites is 1. The Labute approximate surface area is 192 Å². The Bertz CT molecular complexity index is 953. The van der Waals surface area contributed by atoms with Crippen LogP contribution in [0.5, 0.6) is 0 Å². The van der Waals surface area contributed by atoms with E-state index in [9.17, 15) is 14.7 Å². The highest BCUT2D eigenvalue weighted by Gasteiger charge is 2.38. The van der Waals surface area contributed by atoms with E-state index in [2.05, 4.69) is 28.2 Å².